The summed E-state index contributed by atoms with van der Waals surface area (Å²) in [6.07, 6.45) is 0. The summed E-state index contributed by atoms with van der Waals surface area (Å²) in [6, 6.07) is 5.19. The average molecular weight is 280 g/mol. The SMILES string of the molecule is CCN(CC)CCNC(=O)c1cc(OC)ccc1OC. The summed E-state index contributed by atoms with van der Waals surface area (Å²) in [7, 11) is 3.12. The van der Waals surface area contributed by atoms with Gasteiger partial charge in [-0.05, 0) is 31.3 Å². The number of hydrogen-bond acceptors (Lipinski definition) is 4. The molecule has 0 fully saturated rings. The summed E-state index contributed by atoms with van der Waals surface area (Å²) in [6.45, 7) is 7.63. The Morgan fingerprint density at radius 1 is 1.20 bits per heavy atom. The Bertz CT molecular complexity index is 431. The van der Waals surface area contributed by atoms with Crippen molar-refractivity contribution in [3.63, 3.8) is 0 Å². The molecular formula is C15H24N2O3. The topological polar surface area (TPSA) is 50.8 Å². The first-order valence-electron chi connectivity index (χ1n) is 6.88. The number of nitrogens with one attached hydrogen (secondary N) is 1. The van der Waals surface area contributed by atoms with E-state index < -0.39 is 0 Å². The standard InChI is InChI=1S/C15H24N2O3/c1-5-17(6-2)10-9-16-15(18)13-11-12(19-3)7-8-14(13)20-4/h7-8,11H,5-6,9-10H2,1-4H3,(H,16,18). The van der Waals surface area contributed by atoms with Crippen LogP contribution in [-0.2, 0) is 0 Å². The van der Waals surface area contributed by atoms with Gasteiger partial charge in [0.15, 0.2) is 0 Å². The number of hydrogen-bond donors (Lipinski definition) is 1. The summed E-state index contributed by atoms with van der Waals surface area (Å²) < 4.78 is 10.3. The largest absolute Gasteiger partial charge is 0.497 e. The molecule has 0 unspecified atom stereocenters. The fraction of sp³-hybridized carbons (Fsp3) is 0.533. The molecule has 1 aromatic rings. The summed E-state index contributed by atoms with van der Waals surface area (Å²) in [5.41, 5.74) is 0.492. The Labute approximate surface area is 120 Å². The van der Waals surface area contributed by atoms with Crippen molar-refractivity contribution in [3.05, 3.63) is 23.8 Å². The zero-order chi connectivity index (χ0) is 15.0. The molecule has 5 nitrogen and oxygen atoms in total. The van der Waals surface area contributed by atoms with Crippen LogP contribution in [0.2, 0.25) is 0 Å². The second-order valence-electron chi connectivity index (χ2n) is 4.35. The summed E-state index contributed by atoms with van der Waals surface area (Å²) in [4.78, 5) is 14.4. The number of carbonyl (C=O) groups excluding carboxylic acids is 1. The Balaban J connectivity index is 2.66. The molecule has 0 spiro atoms. The molecule has 0 aliphatic heterocycles. The van der Waals surface area contributed by atoms with E-state index in [0.29, 0.717) is 23.6 Å². The number of methoxy groups -OCH3 is 2. The van der Waals surface area contributed by atoms with Gasteiger partial charge in [0.2, 0.25) is 0 Å². The number of rotatable bonds is 8. The van der Waals surface area contributed by atoms with Gasteiger partial charge < -0.3 is 19.7 Å². The molecule has 0 radical (unpaired) electrons. The number of benzene rings is 1. The highest BCUT2D eigenvalue weighted by Gasteiger charge is 2.13. The quantitative estimate of drug-likeness (QED) is 0.788. The highest BCUT2D eigenvalue weighted by molar-refractivity contribution is 5.97. The van der Waals surface area contributed by atoms with E-state index in [2.05, 4.69) is 24.1 Å². The van der Waals surface area contributed by atoms with E-state index in [1.54, 1.807) is 32.4 Å². The van der Waals surface area contributed by atoms with Gasteiger partial charge >= 0.3 is 0 Å². The van der Waals surface area contributed by atoms with Crippen molar-refractivity contribution in [1.29, 1.82) is 0 Å². The van der Waals surface area contributed by atoms with Crippen molar-refractivity contribution in [1.82, 2.24) is 10.2 Å². The van der Waals surface area contributed by atoms with Crippen LogP contribution in [0.5, 0.6) is 11.5 Å². The van der Waals surface area contributed by atoms with Gasteiger partial charge in [-0.25, -0.2) is 0 Å². The number of nitrogens with zero attached hydrogens (tertiary/aromatic N) is 1. The van der Waals surface area contributed by atoms with Crippen LogP contribution in [-0.4, -0.2) is 51.2 Å². The zero-order valence-electron chi connectivity index (χ0n) is 12.7. The summed E-state index contributed by atoms with van der Waals surface area (Å²) in [5, 5.41) is 2.91. The minimum atomic E-state index is -0.145. The van der Waals surface area contributed by atoms with E-state index in [-0.39, 0.29) is 5.91 Å². The third kappa shape index (κ3) is 4.42. The van der Waals surface area contributed by atoms with E-state index in [4.69, 9.17) is 9.47 Å². The fourth-order valence-corrected chi connectivity index (χ4v) is 1.95. The highest BCUT2D eigenvalue weighted by atomic mass is 16.5. The predicted octanol–water partition coefficient (Wildman–Crippen LogP) is 1.78. The molecule has 20 heavy (non-hydrogen) atoms. The van der Waals surface area contributed by atoms with E-state index in [1.165, 1.54) is 0 Å². The minimum absolute atomic E-state index is 0.145. The average Bonchev–Trinajstić information content (AvgIpc) is 2.50. The Morgan fingerprint density at radius 2 is 1.90 bits per heavy atom. The van der Waals surface area contributed by atoms with Gasteiger partial charge in [-0.3, -0.25) is 4.79 Å². The molecular weight excluding hydrogens is 256 g/mol. The maximum Gasteiger partial charge on any atom is 0.255 e. The number of carbonyl (C=O) groups is 1. The first-order chi connectivity index (χ1) is 9.65. The van der Waals surface area contributed by atoms with Crippen LogP contribution in [0.4, 0.5) is 0 Å². The lowest BCUT2D eigenvalue weighted by Gasteiger charge is -2.18. The maximum absolute atomic E-state index is 12.2. The van der Waals surface area contributed by atoms with Crippen molar-refractivity contribution in [2.24, 2.45) is 0 Å². The van der Waals surface area contributed by atoms with Gasteiger partial charge in [0.05, 0.1) is 19.8 Å². The smallest absolute Gasteiger partial charge is 0.255 e. The van der Waals surface area contributed by atoms with Crippen LogP contribution >= 0.6 is 0 Å². The molecule has 0 aliphatic carbocycles. The Morgan fingerprint density at radius 3 is 2.45 bits per heavy atom. The van der Waals surface area contributed by atoms with Crippen molar-refractivity contribution in [2.75, 3.05) is 40.4 Å². The first kappa shape index (κ1) is 16.3. The molecule has 1 N–H and O–H groups in total. The van der Waals surface area contributed by atoms with E-state index in [1.807, 2.05) is 0 Å². The summed E-state index contributed by atoms with van der Waals surface area (Å²) >= 11 is 0. The van der Waals surface area contributed by atoms with Gasteiger partial charge in [0, 0.05) is 13.1 Å². The summed E-state index contributed by atoms with van der Waals surface area (Å²) in [5.74, 6) is 1.04. The van der Waals surface area contributed by atoms with Gasteiger partial charge in [-0.1, -0.05) is 13.8 Å². The molecule has 0 heterocycles. The van der Waals surface area contributed by atoms with Crippen molar-refractivity contribution < 1.29 is 14.3 Å². The van der Waals surface area contributed by atoms with Gasteiger partial charge in [-0.15, -0.1) is 0 Å². The third-order valence-corrected chi connectivity index (χ3v) is 3.26. The lowest BCUT2D eigenvalue weighted by atomic mass is 10.1. The normalized spacial score (nSPS) is 10.4. The molecule has 5 heteroatoms. The molecule has 112 valence electrons. The zero-order valence-corrected chi connectivity index (χ0v) is 12.7. The minimum Gasteiger partial charge on any atom is -0.497 e. The number of amides is 1. The fourth-order valence-electron chi connectivity index (χ4n) is 1.95. The second-order valence-corrected chi connectivity index (χ2v) is 4.35. The van der Waals surface area contributed by atoms with Crippen LogP contribution in [0.15, 0.2) is 18.2 Å². The van der Waals surface area contributed by atoms with E-state index in [9.17, 15) is 4.79 Å². The Hall–Kier alpha value is -1.75. The van der Waals surface area contributed by atoms with Crippen LogP contribution in [0.25, 0.3) is 0 Å². The molecule has 0 atom stereocenters. The molecule has 1 amide bonds. The van der Waals surface area contributed by atoms with Gasteiger partial charge in [0.1, 0.15) is 11.5 Å². The van der Waals surface area contributed by atoms with Crippen molar-refractivity contribution in [3.8, 4) is 11.5 Å². The number of likely N-dealkylation sites (N-methyl/N-ethyl adjacent to an activating group) is 1. The Kier molecular flexibility index (Phi) is 6.87. The first-order valence-corrected chi connectivity index (χ1v) is 6.88. The predicted molar refractivity (Wildman–Crippen MR) is 79.7 cm³/mol. The third-order valence-electron chi connectivity index (χ3n) is 3.26. The molecule has 0 aromatic heterocycles. The molecule has 0 saturated heterocycles. The van der Waals surface area contributed by atoms with Crippen molar-refractivity contribution >= 4 is 5.91 Å². The maximum atomic E-state index is 12.2. The molecule has 0 aliphatic rings. The highest BCUT2D eigenvalue weighted by Crippen LogP contribution is 2.23. The van der Waals surface area contributed by atoms with Crippen LogP contribution in [0.1, 0.15) is 24.2 Å². The second kappa shape index (κ2) is 8.43. The lowest BCUT2D eigenvalue weighted by Crippen LogP contribution is -2.34. The van der Waals surface area contributed by atoms with Crippen LogP contribution in [0, 0.1) is 0 Å². The van der Waals surface area contributed by atoms with E-state index in [0.717, 1.165) is 19.6 Å². The number of ether oxygens (including phenoxy) is 2. The monoisotopic (exact) mass is 280 g/mol. The lowest BCUT2D eigenvalue weighted by molar-refractivity contribution is 0.0945. The van der Waals surface area contributed by atoms with E-state index >= 15 is 0 Å². The van der Waals surface area contributed by atoms with Crippen LogP contribution in [0.3, 0.4) is 0 Å². The molecule has 1 rings (SSSR count). The van der Waals surface area contributed by atoms with Gasteiger partial charge in [-0.2, -0.15) is 0 Å². The molecule has 1 aromatic carbocycles. The van der Waals surface area contributed by atoms with Gasteiger partial charge in [0.25, 0.3) is 5.91 Å². The van der Waals surface area contributed by atoms with Crippen LogP contribution < -0.4 is 14.8 Å². The molecule has 0 saturated carbocycles. The molecule has 0 bridgehead atoms. The van der Waals surface area contributed by atoms with Crippen molar-refractivity contribution in [2.45, 2.75) is 13.8 Å².